The van der Waals surface area contributed by atoms with Crippen LogP contribution >= 0.6 is 0 Å². The lowest BCUT2D eigenvalue weighted by atomic mass is 10.1. The summed E-state index contributed by atoms with van der Waals surface area (Å²) >= 11 is 0. The second-order valence-corrected chi connectivity index (χ2v) is 9.08. The highest BCUT2D eigenvalue weighted by Crippen LogP contribution is 2.26. The normalized spacial score (nSPS) is 13.8. The Labute approximate surface area is 222 Å². The molecule has 3 N–H and O–H groups in total. The average Bonchev–Trinajstić information content (AvgIpc) is 2.94. The van der Waals surface area contributed by atoms with Crippen molar-refractivity contribution < 1.29 is 14.0 Å². The van der Waals surface area contributed by atoms with Crippen LogP contribution in [0, 0.1) is 5.82 Å². The molecule has 198 valence electrons. The van der Waals surface area contributed by atoms with Crippen molar-refractivity contribution in [3.63, 3.8) is 0 Å². The zero-order valence-corrected chi connectivity index (χ0v) is 21.5. The molecular weight excluding hydrogens is 483 g/mol. The number of nitrogens with zero attached hydrogens (tertiary/aromatic N) is 3. The van der Waals surface area contributed by atoms with E-state index < -0.39 is 11.7 Å². The minimum atomic E-state index is -0.586. The van der Waals surface area contributed by atoms with Crippen LogP contribution in [-0.2, 0) is 4.79 Å². The van der Waals surface area contributed by atoms with Crippen molar-refractivity contribution in [3.05, 3.63) is 77.9 Å². The van der Waals surface area contributed by atoms with Crippen LogP contribution in [0.4, 0.5) is 15.9 Å². The number of piperidine rings is 1. The molecule has 0 bridgehead atoms. The average molecular weight is 517 g/mol. The Morgan fingerprint density at radius 2 is 1.95 bits per heavy atom. The van der Waals surface area contributed by atoms with Crippen LogP contribution in [0.3, 0.4) is 0 Å². The van der Waals surface area contributed by atoms with E-state index in [2.05, 4.69) is 30.8 Å². The SMILES string of the molecule is CCNc1nc(-c2ccc(NC(=O)/C=C/c3cccnc3)c(F)c2)ccc1C(=O)NCCN1CCCCC1. The quantitative estimate of drug-likeness (QED) is 0.341. The molecule has 0 radical (unpaired) electrons. The fraction of sp³-hybridized carbons (Fsp3) is 0.310. The van der Waals surface area contributed by atoms with Gasteiger partial charge in [-0.2, -0.15) is 0 Å². The van der Waals surface area contributed by atoms with Crippen molar-refractivity contribution >= 4 is 29.4 Å². The van der Waals surface area contributed by atoms with E-state index in [0.29, 0.717) is 35.7 Å². The number of pyridine rings is 2. The molecule has 3 aromatic rings. The maximum atomic E-state index is 14.8. The van der Waals surface area contributed by atoms with E-state index in [9.17, 15) is 14.0 Å². The van der Waals surface area contributed by atoms with Gasteiger partial charge in [-0.3, -0.25) is 14.6 Å². The monoisotopic (exact) mass is 516 g/mol. The molecule has 1 aromatic carbocycles. The highest BCUT2D eigenvalue weighted by molar-refractivity contribution is 6.02. The number of likely N-dealkylation sites (tertiary alicyclic amines) is 1. The van der Waals surface area contributed by atoms with Crippen LogP contribution in [0.25, 0.3) is 17.3 Å². The zero-order chi connectivity index (χ0) is 26.7. The van der Waals surface area contributed by atoms with Crippen LogP contribution in [-0.4, -0.2) is 59.4 Å². The zero-order valence-electron chi connectivity index (χ0n) is 21.5. The summed E-state index contributed by atoms with van der Waals surface area (Å²) in [5.41, 5.74) is 2.31. The van der Waals surface area contributed by atoms with E-state index in [1.54, 1.807) is 42.7 Å². The third-order valence-electron chi connectivity index (χ3n) is 6.28. The molecule has 0 aliphatic carbocycles. The van der Waals surface area contributed by atoms with Crippen molar-refractivity contribution in [1.29, 1.82) is 0 Å². The maximum absolute atomic E-state index is 14.8. The third kappa shape index (κ3) is 7.45. The van der Waals surface area contributed by atoms with Crippen LogP contribution < -0.4 is 16.0 Å². The summed E-state index contributed by atoms with van der Waals surface area (Å²) in [5.74, 6) is -0.792. The topological polar surface area (TPSA) is 99.2 Å². The molecule has 0 atom stereocenters. The maximum Gasteiger partial charge on any atom is 0.255 e. The Balaban J connectivity index is 1.41. The molecule has 1 aliphatic rings. The van der Waals surface area contributed by atoms with Crippen molar-refractivity contribution in [2.45, 2.75) is 26.2 Å². The van der Waals surface area contributed by atoms with E-state index in [0.717, 1.165) is 25.2 Å². The van der Waals surface area contributed by atoms with Crippen LogP contribution in [0.15, 0.2) is 60.9 Å². The predicted octanol–water partition coefficient (Wildman–Crippen LogP) is 4.58. The lowest BCUT2D eigenvalue weighted by Crippen LogP contribution is -2.37. The first-order valence-corrected chi connectivity index (χ1v) is 13.0. The van der Waals surface area contributed by atoms with Gasteiger partial charge in [-0.1, -0.05) is 18.6 Å². The van der Waals surface area contributed by atoms with E-state index in [4.69, 9.17) is 0 Å². The van der Waals surface area contributed by atoms with Crippen LogP contribution in [0.1, 0.15) is 42.1 Å². The van der Waals surface area contributed by atoms with Gasteiger partial charge >= 0.3 is 0 Å². The predicted molar refractivity (Wildman–Crippen MR) is 148 cm³/mol. The molecule has 0 unspecified atom stereocenters. The number of hydrogen-bond acceptors (Lipinski definition) is 6. The fourth-order valence-electron chi connectivity index (χ4n) is 4.31. The van der Waals surface area contributed by atoms with Crippen molar-refractivity contribution in [2.75, 3.05) is 43.4 Å². The Hall–Kier alpha value is -4.11. The van der Waals surface area contributed by atoms with Gasteiger partial charge in [0.2, 0.25) is 5.91 Å². The number of benzene rings is 1. The first-order valence-electron chi connectivity index (χ1n) is 13.0. The van der Waals surface area contributed by atoms with Gasteiger partial charge in [0.05, 0.1) is 16.9 Å². The highest BCUT2D eigenvalue weighted by Gasteiger charge is 2.16. The molecule has 38 heavy (non-hydrogen) atoms. The number of nitrogens with one attached hydrogen (secondary N) is 3. The Morgan fingerprint density at radius 1 is 1.11 bits per heavy atom. The summed E-state index contributed by atoms with van der Waals surface area (Å²) in [6, 6.07) is 11.5. The van der Waals surface area contributed by atoms with Crippen molar-refractivity contribution in [2.24, 2.45) is 0 Å². The van der Waals surface area contributed by atoms with E-state index in [1.165, 1.54) is 37.5 Å². The number of anilines is 2. The Morgan fingerprint density at radius 3 is 2.68 bits per heavy atom. The minimum absolute atomic E-state index is 0.0613. The second-order valence-electron chi connectivity index (χ2n) is 9.08. The third-order valence-corrected chi connectivity index (χ3v) is 6.28. The molecule has 1 fully saturated rings. The first-order chi connectivity index (χ1) is 18.5. The van der Waals surface area contributed by atoms with Crippen molar-refractivity contribution in [1.82, 2.24) is 20.2 Å². The summed E-state index contributed by atoms with van der Waals surface area (Å²) in [4.78, 5) is 36.0. The summed E-state index contributed by atoms with van der Waals surface area (Å²) in [5, 5.41) is 8.68. The molecule has 2 aromatic heterocycles. The van der Waals surface area contributed by atoms with Gasteiger partial charge in [0.15, 0.2) is 0 Å². The number of aromatic nitrogens is 2. The van der Waals surface area contributed by atoms with Gasteiger partial charge in [-0.05, 0) is 74.8 Å². The van der Waals surface area contributed by atoms with Gasteiger partial charge in [0.1, 0.15) is 11.6 Å². The highest BCUT2D eigenvalue weighted by atomic mass is 19.1. The standard InChI is InChI=1S/C29H33FN6O2/c1-2-32-28-23(29(38)33-15-18-36-16-4-3-5-17-36)10-12-25(35-28)22-9-11-26(24(30)19-22)34-27(37)13-8-21-7-6-14-31-20-21/h6-14,19-20H,2-5,15-18H2,1H3,(H,32,35)(H,33,38)(H,34,37)/b13-8+. The number of carbonyl (C=O) groups is 2. The smallest absolute Gasteiger partial charge is 0.255 e. The minimum Gasteiger partial charge on any atom is -0.370 e. The summed E-state index contributed by atoms with van der Waals surface area (Å²) in [6.07, 6.45) is 9.89. The van der Waals surface area contributed by atoms with Gasteiger partial charge in [0, 0.05) is 43.7 Å². The van der Waals surface area contributed by atoms with Gasteiger partial charge in [0.25, 0.3) is 5.91 Å². The molecule has 0 saturated carbocycles. The molecule has 1 saturated heterocycles. The molecule has 1 aliphatic heterocycles. The van der Waals surface area contributed by atoms with E-state index in [-0.39, 0.29) is 11.6 Å². The molecule has 2 amide bonds. The second kappa shape index (κ2) is 13.4. The molecule has 4 rings (SSSR count). The number of amides is 2. The molecule has 0 spiro atoms. The van der Waals surface area contributed by atoms with E-state index in [1.807, 2.05) is 13.0 Å². The number of hydrogen-bond donors (Lipinski definition) is 3. The van der Waals surface area contributed by atoms with Crippen LogP contribution in [0.5, 0.6) is 0 Å². The lowest BCUT2D eigenvalue weighted by molar-refractivity contribution is -0.111. The Kier molecular flexibility index (Phi) is 9.53. The molecule has 8 nitrogen and oxygen atoms in total. The van der Waals surface area contributed by atoms with Crippen LogP contribution in [0.2, 0.25) is 0 Å². The molecule has 9 heteroatoms. The first kappa shape index (κ1) is 26.9. The summed E-state index contributed by atoms with van der Waals surface area (Å²) in [7, 11) is 0. The Bertz CT molecular complexity index is 1280. The number of carbonyl (C=O) groups excluding carboxylic acids is 2. The largest absolute Gasteiger partial charge is 0.370 e. The van der Waals surface area contributed by atoms with Gasteiger partial charge < -0.3 is 20.9 Å². The summed E-state index contributed by atoms with van der Waals surface area (Å²) in [6.45, 7) is 6.06. The number of rotatable bonds is 10. The van der Waals surface area contributed by atoms with Gasteiger partial charge in [-0.25, -0.2) is 9.37 Å². The van der Waals surface area contributed by atoms with E-state index >= 15 is 0 Å². The number of halogens is 1. The molecule has 3 heterocycles. The molecular formula is C29H33FN6O2. The van der Waals surface area contributed by atoms with Crippen molar-refractivity contribution in [3.8, 4) is 11.3 Å². The van der Waals surface area contributed by atoms with Gasteiger partial charge in [-0.15, -0.1) is 0 Å². The fourth-order valence-corrected chi connectivity index (χ4v) is 4.31. The lowest BCUT2D eigenvalue weighted by Gasteiger charge is -2.26. The summed E-state index contributed by atoms with van der Waals surface area (Å²) < 4.78 is 14.8.